The van der Waals surface area contributed by atoms with Crippen LogP contribution in [0.1, 0.15) is 49.7 Å². The maximum atomic E-state index is 13.8. The molecule has 3 aromatic heterocycles. The molecular weight excluding hydrogens is 559 g/mol. The van der Waals surface area contributed by atoms with Crippen molar-refractivity contribution in [3.05, 3.63) is 59.5 Å². The van der Waals surface area contributed by atoms with E-state index in [1.807, 2.05) is 29.4 Å². The Labute approximate surface area is 256 Å². The van der Waals surface area contributed by atoms with Gasteiger partial charge in [-0.05, 0) is 87.7 Å². The third-order valence-corrected chi connectivity index (χ3v) is 9.92. The normalized spacial score (nSPS) is 21.1. The van der Waals surface area contributed by atoms with Crippen LogP contribution in [-0.2, 0) is 17.6 Å². The molecule has 0 aromatic carbocycles. The number of hydrogen-bond donors (Lipinski definition) is 0. The third kappa shape index (κ3) is 5.15. The SMILES string of the molecule is [C-]#[N+]C[C@H]1CN(c2nc(OCC34CCCN3CCC4)nc3nc(-c4cncc5c4CCCC5)ccc23)CCN1C(=O)C(=C)F. The van der Waals surface area contributed by atoms with Crippen molar-refractivity contribution in [1.29, 1.82) is 0 Å². The van der Waals surface area contributed by atoms with Gasteiger partial charge in [0, 0.05) is 37.6 Å². The summed E-state index contributed by atoms with van der Waals surface area (Å²) in [6.07, 6.45) is 12.8. The number of rotatable bonds is 7. The monoisotopic (exact) mass is 596 g/mol. The Balaban J connectivity index is 1.27. The Bertz CT molecular complexity index is 1640. The molecule has 3 aromatic rings. The minimum atomic E-state index is -1.02. The number of pyridine rings is 2. The number of aryl methyl sites for hydroxylation is 1. The molecule has 4 aliphatic rings. The van der Waals surface area contributed by atoms with Gasteiger partial charge in [0.05, 0.1) is 16.6 Å². The number of ether oxygens (including phenoxy) is 1. The summed E-state index contributed by atoms with van der Waals surface area (Å²) in [5.41, 5.74) is 5.01. The van der Waals surface area contributed by atoms with Crippen molar-refractivity contribution in [3.8, 4) is 17.3 Å². The zero-order valence-electron chi connectivity index (χ0n) is 25.0. The molecule has 7 rings (SSSR count). The summed E-state index contributed by atoms with van der Waals surface area (Å²) in [7, 11) is 0. The van der Waals surface area contributed by atoms with Gasteiger partial charge in [-0.2, -0.15) is 9.97 Å². The highest BCUT2D eigenvalue weighted by molar-refractivity contribution is 5.92. The molecule has 0 unspecified atom stereocenters. The predicted molar refractivity (Wildman–Crippen MR) is 165 cm³/mol. The second-order valence-electron chi connectivity index (χ2n) is 12.5. The summed E-state index contributed by atoms with van der Waals surface area (Å²) in [5, 5.41) is 0.761. The smallest absolute Gasteiger partial charge is 0.320 e. The number of anilines is 1. The topological polar surface area (TPSA) is 91.9 Å². The van der Waals surface area contributed by atoms with Gasteiger partial charge in [0.15, 0.2) is 11.5 Å². The average molecular weight is 597 g/mol. The van der Waals surface area contributed by atoms with Crippen LogP contribution in [-0.4, -0.2) is 93.1 Å². The Morgan fingerprint density at radius 2 is 1.89 bits per heavy atom. The molecule has 3 aliphatic heterocycles. The van der Waals surface area contributed by atoms with Crippen LogP contribution in [0.2, 0.25) is 0 Å². The highest BCUT2D eigenvalue weighted by Gasteiger charge is 2.45. The summed E-state index contributed by atoms with van der Waals surface area (Å²) in [6.45, 7) is 14.4. The van der Waals surface area contributed by atoms with Gasteiger partial charge in [0.1, 0.15) is 18.5 Å². The molecule has 1 atom stereocenters. The summed E-state index contributed by atoms with van der Waals surface area (Å²) in [6, 6.07) is 3.77. The lowest BCUT2D eigenvalue weighted by atomic mass is 9.89. The quantitative estimate of drug-likeness (QED) is 0.293. The first kappa shape index (κ1) is 28.6. The van der Waals surface area contributed by atoms with E-state index in [4.69, 9.17) is 26.3 Å². The van der Waals surface area contributed by atoms with E-state index in [0.29, 0.717) is 31.2 Å². The fourth-order valence-electron chi connectivity index (χ4n) is 7.70. The summed E-state index contributed by atoms with van der Waals surface area (Å²) in [4.78, 5) is 41.4. The van der Waals surface area contributed by atoms with E-state index in [1.165, 1.54) is 35.3 Å². The number of halogens is 1. The van der Waals surface area contributed by atoms with E-state index >= 15 is 0 Å². The maximum Gasteiger partial charge on any atom is 0.320 e. The molecule has 3 fully saturated rings. The van der Waals surface area contributed by atoms with Gasteiger partial charge in [-0.25, -0.2) is 15.9 Å². The minimum absolute atomic E-state index is 0.0317. The molecule has 6 heterocycles. The summed E-state index contributed by atoms with van der Waals surface area (Å²) >= 11 is 0. The van der Waals surface area contributed by atoms with Gasteiger partial charge >= 0.3 is 6.01 Å². The standard InChI is InChI=1S/C33H37FN8O2/c1-22(34)31(43)42-16-15-40(20-24(42)18-35-2)30-26-9-10-28(27-19-36-17-23-7-3-4-8-25(23)27)37-29(26)38-32(39-30)44-21-33-11-5-13-41(33)14-6-12-33/h9-10,17,19,24H,1,3-8,11-16,18,20-21H2/t24-/m0/s1. The van der Waals surface area contributed by atoms with Gasteiger partial charge in [0.2, 0.25) is 6.54 Å². The van der Waals surface area contributed by atoms with Crippen LogP contribution in [0.4, 0.5) is 10.2 Å². The van der Waals surface area contributed by atoms with Crippen molar-refractivity contribution < 1.29 is 13.9 Å². The first-order chi connectivity index (χ1) is 21.5. The third-order valence-electron chi connectivity index (χ3n) is 9.92. The van der Waals surface area contributed by atoms with Gasteiger partial charge in [0.25, 0.3) is 5.91 Å². The number of fused-ring (bicyclic) bond motifs is 3. The van der Waals surface area contributed by atoms with Crippen molar-refractivity contribution >= 4 is 22.8 Å². The van der Waals surface area contributed by atoms with Crippen molar-refractivity contribution in [1.82, 2.24) is 29.7 Å². The zero-order valence-corrected chi connectivity index (χ0v) is 25.0. The maximum absolute atomic E-state index is 13.8. The number of carbonyl (C=O) groups is 1. The van der Waals surface area contributed by atoms with E-state index < -0.39 is 17.8 Å². The molecule has 0 N–H and O–H groups in total. The molecule has 44 heavy (non-hydrogen) atoms. The lowest BCUT2D eigenvalue weighted by Crippen LogP contribution is -2.56. The first-order valence-electron chi connectivity index (χ1n) is 15.7. The fourth-order valence-corrected chi connectivity index (χ4v) is 7.70. The molecule has 0 bridgehead atoms. The lowest BCUT2D eigenvalue weighted by molar-refractivity contribution is -0.131. The second kappa shape index (κ2) is 11.7. The molecule has 3 saturated heterocycles. The summed E-state index contributed by atoms with van der Waals surface area (Å²) in [5.74, 6) is -1.14. The van der Waals surface area contributed by atoms with Gasteiger partial charge in [-0.3, -0.25) is 14.7 Å². The Kier molecular flexibility index (Phi) is 7.62. The largest absolute Gasteiger partial charge is 0.461 e. The molecule has 228 valence electrons. The van der Waals surface area contributed by atoms with E-state index in [-0.39, 0.29) is 24.6 Å². The number of amides is 1. The first-order valence-corrected chi connectivity index (χ1v) is 15.7. The predicted octanol–water partition coefficient (Wildman–Crippen LogP) is 4.39. The number of nitrogens with zero attached hydrogens (tertiary/aromatic N) is 8. The number of piperazine rings is 1. The van der Waals surface area contributed by atoms with Crippen molar-refractivity contribution in [2.75, 3.05) is 50.8 Å². The van der Waals surface area contributed by atoms with Crippen LogP contribution in [0.15, 0.2) is 36.9 Å². The van der Waals surface area contributed by atoms with Crippen LogP contribution in [0.5, 0.6) is 6.01 Å². The highest BCUT2D eigenvalue weighted by Crippen LogP contribution is 2.39. The van der Waals surface area contributed by atoms with E-state index in [9.17, 15) is 9.18 Å². The van der Waals surface area contributed by atoms with Crippen molar-refractivity contribution in [2.45, 2.75) is 62.9 Å². The van der Waals surface area contributed by atoms with Gasteiger partial charge < -0.3 is 19.4 Å². The van der Waals surface area contributed by atoms with Crippen LogP contribution >= 0.6 is 0 Å². The molecule has 0 radical (unpaired) electrons. The summed E-state index contributed by atoms with van der Waals surface area (Å²) < 4.78 is 20.3. The average Bonchev–Trinajstić information content (AvgIpc) is 3.63. The number of aromatic nitrogens is 4. The van der Waals surface area contributed by atoms with Crippen LogP contribution in [0.25, 0.3) is 27.1 Å². The van der Waals surface area contributed by atoms with Gasteiger partial charge in [-0.15, -0.1) is 0 Å². The molecule has 0 spiro atoms. The number of carbonyl (C=O) groups excluding carboxylic acids is 1. The Morgan fingerprint density at radius 1 is 1.07 bits per heavy atom. The van der Waals surface area contributed by atoms with E-state index in [1.54, 1.807) is 0 Å². The molecule has 1 amide bonds. The fraction of sp³-hybridized carbons (Fsp3) is 0.515. The zero-order chi connectivity index (χ0) is 30.3. The minimum Gasteiger partial charge on any atom is -0.461 e. The Morgan fingerprint density at radius 3 is 2.68 bits per heavy atom. The highest BCUT2D eigenvalue weighted by atomic mass is 19.1. The van der Waals surface area contributed by atoms with Crippen LogP contribution in [0.3, 0.4) is 0 Å². The molecule has 11 heteroatoms. The van der Waals surface area contributed by atoms with Crippen molar-refractivity contribution in [2.24, 2.45) is 0 Å². The Hall–Kier alpha value is -4.17. The van der Waals surface area contributed by atoms with Gasteiger partial charge in [-0.1, -0.05) is 6.58 Å². The molecule has 10 nitrogen and oxygen atoms in total. The second-order valence-corrected chi connectivity index (χ2v) is 12.5. The number of hydrogen-bond acceptors (Lipinski definition) is 8. The van der Waals surface area contributed by atoms with Crippen molar-refractivity contribution in [3.63, 3.8) is 0 Å². The molecule has 0 saturated carbocycles. The molecular formula is C33H37FN8O2. The molecule has 1 aliphatic carbocycles. The van der Waals surface area contributed by atoms with E-state index in [2.05, 4.69) is 21.3 Å². The van der Waals surface area contributed by atoms with Crippen LogP contribution < -0.4 is 9.64 Å². The van der Waals surface area contributed by atoms with Crippen LogP contribution in [0, 0.1) is 6.57 Å². The van der Waals surface area contributed by atoms with E-state index in [0.717, 1.165) is 61.8 Å². The lowest BCUT2D eigenvalue weighted by Gasteiger charge is -2.39.